The highest BCUT2D eigenvalue weighted by atomic mass is 28.4. The highest BCUT2D eigenvalue weighted by molar-refractivity contribution is 6.70. The van der Waals surface area contributed by atoms with Crippen molar-refractivity contribution in [3.63, 3.8) is 0 Å². The van der Waals surface area contributed by atoms with E-state index in [1.807, 2.05) is 0 Å². The predicted molar refractivity (Wildman–Crippen MR) is 128 cm³/mol. The molecule has 0 aliphatic heterocycles. The van der Waals surface area contributed by atoms with E-state index in [0.717, 1.165) is 23.7 Å². The Hall–Kier alpha value is -0.486. The Morgan fingerprint density at radius 2 is 1.55 bits per heavy atom. The van der Waals surface area contributed by atoms with Crippen molar-refractivity contribution in [2.45, 2.75) is 98.1 Å². The Morgan fingerprint density at radius 1 is 0.862 bits per heavy atom. The van der Waals surface area contributed by atoms with Crippen molar-refractivity contribution in [3.05, 3.63) is 23.7 Å². The van der Waals surface area contributed by atoms with Crippen LogP contribution in [0.25, 0.3) is 0 Å². The average molecular weight is 433 g/mol. The molecule has 0 spiro atoms. The van der Waals surface area contributed by atoms with Crippen LogP contribution in [0.5, 0.6) is 0 Å². The first kappa shape index (κ1) is 21.7. The summed E-state index contributed by atoms with van der Waals surface area (Å²) in [5, 5.41) is 0. The van der Waals surface area contributed by atoms with Crippen LogP contribution in [0.15, 0.2) is 23.7 Å². The van der Waals surface area contributed by atoms with Crippen molar-refractivity contribution < 1.29 is 8.85 Å². The second-order valence-electron chi connectivity index (χ2n) is 12.9. The van der Waals surface area contributed by atoms with Gasteiger partial charge in [0.2, 0.25) is 16.6 Å². The number of fused-ring (bicyclic) bond motifs is 5. The molecule has 0 saturated heterocycles. The largest absolute Gasteiger partial charge is 0.548 e. The van der Waals surface area contributed by atoms with Crippen molar-refractivity contribution >= 4 is 16.6 Å². The predicted octanol–water partition coefficient (Wildman–Crippen LogP) is 7.72. The van der Waals surface area contributed by atoms with E-state index in [-0.39, 0.29) is 0 Å². The quantitative estimate of drug-likeness (QED) is 0.423. The van der Waals surface area contributed by atoms with E-state index in [0.29, 0.717) is 10.8 Å². The molecule has 164 valence electrons. The van der Waals surface area contributed by atoms with Gasteiger partial charge in [0.15, 0.2) is 0 Å². The van der Waals surface area contributed by atoms with Gasteiger partial charge in [-0.05, 0) is 119 Å². The molecule has 0 amide bonds. The van der Waals surface area contributed by atoms with Crippen LogP contribution in [-0.2, 0) is 8.85 Å². The van der Waals surface area contributed by atoms with Crippen molar-refractivity contribution in [1.29, 1.82) is 0 Å². The van der Waals surface area contributed by atoms with E-state index in [1.54, 1.807) is 0 Å². The van der Waals surface area contributed by atoms with Gasteiger partial charge in [0.1, 0.15) is 0 Å². The van der Waals surface area contributed by atoms with E-state index in [1.165, 1.54) is 56.5 Å². The Morgan fingerprint density at radius 3 is 2.21 bits per heavy atom. The lowest BCUT2D eigenvalue weighted by Gasteiger charge is -2.59. The lowest BCUT2D eigenvalue weighted by Crippen LogP contribution is -2.52. The molecule has 0 bridgehead atoms. The third-order valence-corrected chi connectivity index (χ3v) is 10.4. The zero-order chi connectivity index (χ0) is 21.2. The van der Waals surface area contributed by atoms with Crippen LogP contribution in [0.3, 0.4) is 0 Å². The molecule has 0 aromatic heterocycles. The van der Waals surface area contributed by atoms with Crippen molar-refractivity contribution in [3.8, 4) is 0 Å². The van der Waals surface area contributed by atoms with Crippen molar-refractivity contribution in [2.24, 2.45) is 34.5 Å². The first-order chi connectivity index (χ1) is 13.3. The van der Waals surface area contributed by atoms with E-state index in [9.17, 15) is 0 Å². The molecule has 0 N–H and O–H groups in total. The molecule has 4 heteroatoms. The normalized spacial score (nSPS) is 42.2. The van der Waals surface area contributed by atoms with E-state index in [2.05, 4.69) is 65.3 Å². The molecule has 2 saturated carbocycles. The topological polar surface area (TPSA) is 18.5 Å². The van der Waals surface area contributed by atoms with E-state index >= 15 is 0 Å². The maximum Gasteiger partial charge on any atom is 0.241 e. The molecule has 0 aromatic rings. The van der Waals surface area contributed by atoms with Crippen LogP contribution < -0.4 is 0 Å². The number of hydrogen-bond donors (Lipinski definition) is 0. The maximum atomic E-state index is 6.62. The SMILES string of the molecule is C[C@]12CCC3C(CC[C@@H]4CC(O[Si](C)(C)C)=CC[C@]34C)C1CC=C2O[Si](C)(C)C. The monoisotopic (exact) mass is 432 g/mol. The second kappa shape index (κ2) is 7.01. The molecule has 4 aliphatic carbocycles. The lowest BCUT2D eigenvalue weighted by atomic mass is 9.46. The first-order valence-corrected chi connectivity index (χ1v) is 18.9. The van der Waals surface area contributed by atoms with Crippen LogP contribution in [0.1, 0.15) is 58.8 Å². The molecule has 2 fully saturated rings. The summed E-state index contributed by atoms with van der Waals surface area (Å²) in [4.78, 5) is 0. The van der Waals surface area contributed by atoms with Crippen LogP contribution in [0, 0.1) is 34.5 Å². The van der Waals surface area contributed by atoms with Crippen LogP contribution >= 0.6 is 0 Å². The second-order valence-corrected chi connectivity index (χ2v) is 21.8. The van der Waals surface area contributed by atoms with Crippen LogP contribution in [0.4, 0.5) is 0 Å². The summed E-state index contributed by atoms with van der Waals surface area (Å²) in [6.07, 6.45) is 14.1. The van der Waals surface area contributed by atoms with Gasteiger partial charge in [0.25, 0.3) is 0 Å². The molecule has 0 aromatic carbocycles. The van der Waals surface area contributed by atoms with Gasteiger partial charge in [-0.2, -0.15) is 0 Å². The van der Waals surface area contributed by atoms with Gasteiger partial charge in [-0.15, -0.1) is 0 Å². The Labute approximate surface area is 181 Å². The number of allylic oxidation sites excluding steroid dienone is 4. The number of rotatable bonds is 4. The summed E-state index contributed by atoms with van der Waals surface area (Å²) >= 11 is 0. The zero-order valence-corrected chi connectivity index (χ0v) is 22.2. The average Bonchev–Trinajstić information content (AvgIpc) is 2.89. The van der Waals surface area contributed by atoms with Crippen molar-refractivity contribution in [1.82, 2.24) is 0 Å². The summed E-state index contributed by atoms with van der Waals surface area (Å²) in [6, 6.07) is 0. The van der Waals surface area contributed by atoms with Gasteiger partial charge >= 0.3 is 0 Å². The summed E-state index contributed by atoms with van der Waals surface area (Å²) in [5.74, 6) is 6.05. The van der Waals surface area contributed by atoms with Gasteiger partial charge in [-0.1, -0.05) is 13.8 Å². The molecule has 4 aliphatic rings. The first-order valence-electron chi connectivity index (χ1n) is 12.1. The zero-order valence-electron chi connectivity index (χ0n) is 20.2. The summed E-state index contributed by atoms with van der Waals surface area (Å²) < 4.78 is 13.1. The Kier molecular flexibility index (Phi) is 5.26. The number of hydrogen-bond acceptors (Lipinski definition) is 2. The van der Waals surface area contributed by atoms with E-state index in [4.69, 9.17) is 8.85 Å². The molecule has 29 heavy (non-hydrogen) atoms. The fraction of sp³-hybridized carbons (Fsp3) is 0.840. The minimum absolute atomic E-state index is 0.293. The molecule has 0 heterocycles. The highest BCUT2D eigenvalue weighted by Crippen LogP contribution is 2.66. The molecule has 0 radical (unpaired) electrons. The smallest absolute Gasteiger partial charge is 0.241 e. The van der Waals surface area contributed by atoms with E-state index < -0.39 is 16.6 Å². The van der Waals surface area contributed by atoms with Gasteiger partial charge in [0.05, 0.1) is 11.5 Å². The molecule has 3 unspecified atom stereocenters. The van der Waals surface area contributed by atoms with Crippen LogP contribution in [-0.4, -0.2) is 16.6 Å². The minimum Gasteiger partial charge on any atom is -0.548 e. The molecule has 4 rings (SSSR count). The molecular formula is C25H44O2Si2. The van der Waals surface area contributed by atoms with Gasteiger partial charge in [-0.3, -0.25) is 0 Å². The summed E-state index contributed by atoms with van der Waals surface area (Å²) in [7, 11) is -3.05. The van der Waals surface area contributed by atoms with Gasteiger partial charge in [0, 0.05) is 11.8 Å². The third-order valence-electron chi connectivity index (χ3n) is 8.65. The Balaban J connectivity index is 1.53. The molecular weight excluding hydrogens is 388 g/mol. The fourth-order valence-electron chi connectivity index (χ4n) is 7.34. The van der Waals surface area contributed by atoms with Gasteiger partial charge in [-0.25, -0.2) is 0 Å². The fourth-order valence-corrected chi connectivity index (χ4v) is 9.27. The Bertz CT molecular complexity index is 713. The summed E-state index contributed by atoms with van der Waals surface area (Å²) in [6.45, 7) is 19.1. The third kappa shape index (κ3) is 3.93. The molecule has 2 nitrogen and oxygen atoms in total. The molecule has 6 atom stereocenters. The van der Waals surface area contributed by atoms with Crippen LogP contribution in [0.2, 0.25) is 39.3 Å². The van der Waals surface area contributed by atoms with Gasteiger partial charge < -0.3 is 8.85 Å². The van der Waals surface area contributed by atoms with Crippen molar-refractivity contribution in [2.75, 3.05) is 0 Å². The maximum absolute atomic E-state index is 6.62. The minimum atomic E-state index is -1.55. The standard InChI is InChI=1S/C25H44O2Si2/c1-24-15-13-19(26-28(3,4)5)17-18(24)9-10-20-21-11-12-23(27-29(6,7)8)25(21,2)16-14-22(20)24/h12-13,18,20-22H,9-11,14-17H2,1-8H3/t18-,20?,21?,22?,24+,25+/m1/s1. The summed E-state index contributed by atoms with van der Waals surface area (Å²) in [5.41, 5.74) is 0.764. The lowest BCUT2D eigenvalue weighted by molar-refractivity contribution is -0.0914. The highest BCUT2D eigenvalue weighted by Gasteiger charge is 2.59.